The van der Waals surface area contributed by atoms with Crippen molar-refractivity contribution in [1.82, 2.24) is 5.32 Å². The highest BCUT2D eigenvalue weighted by Crippen LogP contribution is 2.21. The predicted molar refractivity (Wildman–Crippen MR) is 76.1 cm³/mol. The van der Waals surface area contributed by atoms with Gasteiger partial charge in [0.1, 0.15) is 0 Å². The molecule has 0 aromatic heterocycles. The van der Waals surface area contributed by atoms with Crippen molar-refractivity contribution in [3.05, 3.63) is 35.4 Å². The average Bonchev–Trinajstić information content (AvgIpc) is 3.23. The first-order valence-electron chi connectivity index (χ1n) is 7.49. The van der Waals surface area contributed by atoms with Crippen molar-refractivity contribution in [3.8, 4) is 0 Å². The maximum Gasteiger partial charge on any atom is 0.389 e. The third kappa shape index (κ3) is 6.96. The normalized spacial score (nSPS) is 15.4. The van der Waals surface area contributed by atoms with E-state index in [1.165, 1.54) is 18.4 Å². The number of alkyl halides is 3. The molecule has 0 aliphatic heterocycles. The highest BCUT2D eigenvalue weighted by atomic mass is 19.4. The summed E-state index contributed by atoms with van der Waals surface area (Å²) in [6, 6.07) is 8.65. The summed E-state index contributed by atoms with van der Waals surface area (Å²) in [5.74, 6) is 0. The number of rotatable bonds is 9. The lowest BCUT2D eigenvalue weighted by Gasteiger charge is -2.11. The fourth-order valence-electron chi connectivity index (χ4n) is 2.20. The molecule has 0 saturated heterocycles. The molecule has 21 heavy (non-hydrogen) atoms. The van der Waals surface area contributed by atoms with Crippen LogP contribution < -0.4 is 5.32 Å². The second-order valence-corrected chi connectivity index (χ2v) is 5.52. The summed E-state index contributed by atoms with van der Waals surface area (Å²) < 4.78 is 41.4. The molecule has 0 atom stereocenters. The molecule has 118 valence electrons. The molecule has 0 amide bonds. The molecule has 1 saturated carbocycles. The summed E-state index contributed by atoms with van der Waals surface area (Å²) in [6.45, 7) is 1.47. The van der Waals surface area contributed by atoms with Crippen LogP contribution in [0.2, 0.25) is 0 Å². The maximum absolute atomic E-state index is 12.0. The van der Waals surface area contributed by atoms with E-state index in [4.69, 9.17) is 4.74 Å². The summed E-state index contributed by atoms with van der Waals surface area (Å²) in [5, 5.41) is 3.46. The van der Waals surface area contributed by atoms with E-state index in [-0.39, 0.29) is 13.0 Å². The van der Waals surface area contributed by atoms with Gasteiger partial charge in [-0.2, -0.15) is 13.2 Å². The zero-order valence-electron chi connectivity index (χ0n) is 12.1. The third-order valence-electron chi connectivity index (χ3n) is 3.53. The minimum absolute atomic E-state index is 0.0227. The summed E-state index contributed by atoms with van der Waals surface area (Å²) >= 11 is 0. The second kappa shape index (κ2) is 7.80. The Balaban J connectivity index is 1.68. The van der Waals surface area contributed by atoms with Crippen LogP contribution in [0.15, 0.2) is 24.3 Å². The molecular formula is C16H22F3NO. The molecule has 1 aromatic rings. The average molecular weight is 301 g/mol. The van der Waals surface area contributed by atoms with Crippen LogP contribution >= 0.6 is 0 Å². The van der Waals surface area contributed by atoms with Crippen molar-refractivity contribution in [2.24, 2.45) is 0 Å². The Kier molecular flexibility index (Phi) is 6.06. The van der Waals surface area contributed by atoms with E-state index < -0.39 is 12.6 Å². The zero-order chi connectivity index (χ0) is 15.1. The van der Waals surface area contributed by atoms with Crippen LogP contribution in [0.25, 0.3) is 0 Å². The van der Waals surface area contributed by atoms with Crippen molar-refractivity contribution >= 4 is 0 Å². The first-order valence-corrected chi connectivity index (χ1v) is 7.49. The van der Waals surface area contributed by atoms with Crippen LogP contribution in [-0.2, 0) is 17.8 Å². The van der Waals surface area contributed by atoms with Gasteiger partial charge >= 0.3 is 6.18 Å². The van der Waals surface area contributed by atoms with Crippen LogP contribution in [0.5, 0.6) is 0 Å². The van der Waals surface area contributed by atoms with Gasteiger partial charge in [0.25, 0.3) is 0 Å². The molecule has 0 unspecified atom stereocenters. The molecule has 0 spiro atoms. The van der Waals surface area contributed by atoms with Gasteiger partial charge in [-0.1, -0.05) is 24.3 Å². The second-order valence-electron chi connectivity index (χ2n) is 5.52. The Morgan fingerprint density at radius 1 is 1.14 bits per heavy atom. The van der Waals surface area contributed by atoms with Gasteiger partial charge in [-0.25, -0.2) is 0 Å². The van der Waals surface area contributed by atoms with Crippen LogP contribution in [0.4, 0.5) is 13.2 Å². The summed E-state index contributed by atoms with van der Waals surface area (Å²) in [7, 11) is 0. The van der Waals surface area contributed by atoms with Crippen molar-refractivity contribution in [3.63, 3.8) is 0 Å². The minimum Gasteiger partial charge on any atom is -0.377 e. The van der Waals surface area contributed by atoms with E-state index in [9.17, 15) is 13.2 Å². The molecule has 2 nitrogen and oxygen atoms in total. The number of benzene rings is 1. The lowest BCUT2D eigenvalue weighted by molar-refractivity contribution is -0.138. The minimum atomic E-state index is -4.09. The number of ether oxygens (including phenoxy) is 1. The first-order chi connectivity index (χ1) is 10.0. The van der Waals surface area contributed by atoms with Gasteiger partial charge in [0, 0.05) is 19.1 Å². The number of hydrogen-bond acceptors (Lipinski definition) is 2. The van der Waals surface area contributed by atoms with Crippen LogP contribution in [0, 0.1) is 0 Å². The quantitative estimate of drug-likeness (QED) is 0.700. The van der Waals surface area contributed by atoms with Gasteiger partial charge in [-0.15, -0.1) is 0 Å². The fourth-order valence-corrected chi connectivity index (χ4v) is 2.20. The zero-order valence-corrected chi connectivity index (χ0v) is 12.1. The number of halogens is 3. The van der Waals surface area contributed by atoms with Gasteiger partial charge in [0.05, 0.1) is 6.61 Å². The maximum atomic E-state index is 12.0. The van der Waals surface area contributed by atoms with Gasteiger partial charge in [0.15, 0.2) is 0 Å². The smallest absolute Gasteiger partial charge is 0.377 e. The standard InChI is InChI=1S/C16H22F3NO/c17-16(18,19)9-3-11-21-12-14-5-2-1-4-13(14)8-10-20-15-6-7-15/h1-2,4-5,15,20H,3,6-12H2. The fraction of sp³-hybridized carbons (Fsp3) is 0.625. The van der Waals surface area contributed by atoms with E-state index in [1.807, 2.05) is 18.2 Å². The highest BCUT2D eigenvalue weighted by molar-refractivity contribution is 5.26. The summed E-state index contributed by atoms with van der Waals surface area (Å²) in [5.41, 5.74) is 2.28. The van der Waals surface area contributed by atoms with E-state index in [0.29, 0.717) is 12.6 Å². The number of hydrogen-bond donors (Lipinski definition) is 1. The Labute approximate surface area is 123 Å². The topological polar surface area (TPSA) is 21.3 Å². The van der Waals surface area contributed by atoms with Gasteiger partial charge < -0.3 is 10.1 Å². The predicted octanol–water partition coefficient (Wildman–Crippen LogP) is 3.84. The Morgan fingerprint density at radius 2 is 1.86 bits per heavy atom. The van der Waals surface area contributed by atoms with E-state index in [1.54, 1.807) is 0 Å². The van der Waals surface area contributed by atoms with Crippen LogP contribution in [0.3, 0.4) is 0 Å². The summed E-state index contributed by atoms with van der Waals surface area (Å²) in [4.78, 5) is 0. The lowest BCUT2D eigenvalue weighted by Crippen LogP contribution is -2.19. The lowest BCUT2D eigenvalue weighted by atomic mass is 10.1. The van der Waals surface area contributed by atoms with E-state index in [2.05, 4.69) is 11.4 Å². The molecule has 1 aromatic carbocycles. The molecule has 2 rings (SSSR count). The van der Waals surface area contributed by atoms with Gasteiger partial charge in [-0.3, -0.25) is 0 Å². The van der Waals surface area contributed by atoms with Crippen molar-refractivity contribution in [1.29, 1.82) is 0 Å². The SMILES string of the molecule is FC(F)(F)CCCOCc1ccccc1CCNC1CC1. The molecule has 1 aliphatic rings. The highest BCUT2D eigenvalue weighted by Gasteiger charge is 2.25. The van der Waals surface area contributed by atoms with Crippen LogP contribution in [-0.4, -0.2) is 25.4 Å². The van der Waals surface area contributed by atoms with E-state index in [0.717, 1.165) is 18.5 Å². The molecule has 1 fully saturated rings. The van der Waals surface area contributed by atoms with Crippen molar-refractivity contribution < 1.29 is 17.9 Å². The van der Waals surface area contributed by atoms with Crippen molar-refractivity contribution in [2.75, 3.05) is 13.2 Å². The first kappa shape index (κ1) is 16.3. The molecule has 5 heteroatoms. The number of nitrogens with one attached hydrogen (secondary N) is 1. The molecular weight excluding hydrogens is 279 g/mol. The third-order valence-corrected chi connectivity index (χ3v) is 3.53. The van der Waals surface area contributed by atoms with E-state index >= 15 is 0 Å². The van der Waals surface area contributed by atoms with Crippen LogP contribution in [0.1, 0.15) is 36.8 Å². The van der Waals surface area contributed by atoms with Gasteiger partial charge in [-0.05, 0) is 43.4 Å². The summed E-state index contributed by atoms with van der Waals surface area (Å²) in [6.07, 6.45) is -1.38. The molecule has 0 radical (unpaired) electrons. The Bertz CT molecular complexity index is 430. The molecule has 1 N–H and O–H groups in total. The largest absolute Gasteiger partial charge is 0.389 e. The molecule has 1 aliphatic carbocycles. The Morgan fingerprint density at radius 3 is 2.52 bits per heavy atom. The van der Waals surface area contributed by atoms with Gasteiger partial charge in [0.2, 0.25) is 0 Å². The molecule has 0 bridgehead atoms. The monoisotopic (exact) mass is 301 g/mol. The molecule has 0 heterocycles. The van der Waals surface area contributed by atoms with Crippen molar-refractivity contribution in [2.45, 2.75) is 50.9 Å². The Hall–Kier alpha value is -1.07.